The third-order valence-corrected chi connectivity index (χ3v) is 2.11. The first-order chi connectivity index (χ1) is 6.56. The second-order valence-electron chi connectivity index (χ2n) is 3.39. The Morgan fingerprint density at radius 1 is 1.43 bits per heavy atom. The number of phenols is 1. The van der Waals surface area contributed by atoms with E-state index in [1.807, 2.05) is 6.92 Å². The minimum absolute atomic E-state index is 0.0715. The molecule has 1 N–H and O–H groups in total. The van der Waals surface area contributed by atoms with Gasteiger partial charge in [-0.25, -0.2) is 0 Å². The standard InChI is InChI=1S/C11H15NO2/c1-4-8-5-6-9(13)7-10(8)11(14)12(2)3/h5-7,13H,4H2,1-3H3. The maximum atomic E-state index is 11.7. The highest BCUT2D eigenvalue weighted by molar-refractivity contribution is 5.95. The topological polar surface area (TPSA) is 40.5 Å². The number of aromatic hydroxyl groups is 1. The van der Waals surface area contributed by atoms with Crippen molar-refractivity contribution in [2.45, 2.75) is 13.3 Å². The molecule has 0 aromatic heterocycles. The van der Waals surface area contributed by atoms with Crippen LogP contribution in [0, 0.1) is 0 Å². The zero-order valence-corrected chi connectivity index (χ0v) is 8.74. The van der Waals surface area contributed by atoms with E-state index < -0.39 is 0 Å². The van der Waals surface area contributed by atoms with E-state index in [0.29, 0.717) is 5.56 Å². The van der Waals surface area contributed by atoms with Gasteiger partial charge in [0.2, 0.25) is 0 Å². The number of benzene rings is 1. The highest BCUT2D eigenvalue weighted by Gasteiger charge is 2.12. The van der Waals surface area contributed by atoms with Crippen molar-refractivity contribution in [1.29, 1.82) is 0 Å². The van der Waals surface area contributed by atoms with E-state index in [2.05, 4.69) is 0 Å². The van der Waals surface area contributed by atoms with Crippen molar-refractivity contribution in [1.82, 2.24) is 4.90 Å². The second kappa shape index (κ2) is 4.13. The number of rotatable bonds is 2. The molecule has 0 fully saturated rings. The van der Waals surface area contributed by atoms with Crippen LogP contribution in [0.4, 0.5) is 0 Å². The van der Waals surface area contributed by atoms with Gasteiger partial charge >= 0.3 is 0 Å². The Hall–Kier alpha value is -1.51. The van der Waals surface area contributed by atoms with Crippen molar-refractivity contribution >= 4 is 5.91 Å². The summed E-state index contributed by atoms with van der Waals surface area (Å²) in [4.78, 5) is 13.2. The minimum Gasteiger partial charge on any atom is -0.508 e. The lowest BCUT2D eigenvalue weighted by Gasteiger charge is -2.13. The fraction of sp³-hybridized carbons (Fsp3) is 0.364. The summed E-state index contributed by atoms with van der Waals surface area (Å²) in [5, 5.41) is 9.29. The van der Waals surface area contributed by atoms with Crippen LogP contribution in [0.1, 0.15) is 22.8 Å². The number of nitrogens with zero attached hydrogens (tertiary/aromatic N) is 1. The second-order valence-corrected chi connectivity index (χ2v) is 3.39. The summed E-state index contributed by atoms with van der Waals surface area (Å²) in [5.41, 5.74) is 1.54. The molecule has 14 heavy (non-hydrogen) atoms. The van der Waals surface area contributed by atoms with Gasteiger partial charge in [0.15, 0.2) is 0 Å². The van der Waals surface area contributed by atoms with E-state index >= 15 is 0 Å². The number of aryl methyl sites for hydroxylation is 1. The molecule has 1 aromatic rings. The fourth-order valence-electron chi connectivity index (χ4n) is 1.31. The summed E-state index contributed by atoms with van der Waals surface area (Å²) in [6, 6.07) is 4.90. The van der Waals surface area contributed by atoms with Crippen LogP contribution in [-0.4, -0.2) is 30.0 Å². The molecule has 0 unspecified atom stereocenters. The molecular weight excluding hydrogens is 178 g/mol. The molecule has 0 saturated heterocycles. The number of carbonyl (C=O) groups excluding carboxylic acids is 1. The van der Waals surface area contributed by atoms with E-state index in [-0.39, 0.29) is 11.7 Å². The summed E-state index contributed by atoms with van der Waals surface area (Å²) in [5.74, 6) is 0.0603. The molecule has 0 atom stereocenters. The summed E-state index contributed by atoms with van der Waals surface area (Å²) in [7, 11) is 3.40. The lowest BCUT2D eigenvalue weighted by atomic mass is 10.0. The minimum atomic E-state index is -0.0715. The normalized spacial score (nSPS) is 9.93. The Kier molecular flexibility index (Phi) is 3.12. The van der Waals surface area contributed by atoms with Crippen molar-refractivity contribution in [2.24, 2.45) is 0 Å². The Morgan fingerprint density at radius 3 is 2.57 bits per heavy atom. The summed E-state index contributed by atoms with van der Waals surface area (Å²) >= 11 is 0. The van der Waals surface area contributed by atoms with Gasteiger partial charge in [0, 0.05) is 19.7 Å². The molecule has 0 saturated carbocycles. The van der Waals surface area contributed by atoms with Crippen LogP contribution >= 0.6 is 0 Å². The van der Waals surface area contributed by atoms with E-state index in [9.17, 15) is 9.90 Å². The van der Waals surface area contributed by atoms with E-state index in [1.165, 1.54) is 11.0 Å². The van der Waals surface area contributed by atoms with Crippen molar-refractivity contribution in [3.63, 3.8) is 0 Å². The van der Waals surface area contributed by atoms with Crippen LogP contribution in [0.2, 0.25) is 0 Å². The van der Waals surface area contributed by atoms with Gasteiger partial charge in [0.25, 0.3) is 5.91 Å². The van der Waals surface area contributed by atoms with Gasteiger partial charge in [0.1, 0.15) is 5.75 Å². The number of amides is 1. The first kappa shape index (κ1) is 10.6. The van der Waals surface area contributed by atoms with Crippen molar-refractivity contribution < 1.29 is 9.90 Å². The lowest BCUT2D eigenvalue weighted by Crippen LogP contribution is -2.22. The average Bonchev–Trinajstić information content (AvgIpc) is 2.16. The van der Waals surface area contributed by atoms with Crippen molar-refractivity contribution in [3.05, 3.63) is 29.3 Å². The molecule has 0 aliphatic rings. The van der Waals surface area contributed by atoms with E-state index in [1.54, 1.807) is 26.2 Å². The molecule has 76 valence electrons. The SMILES string of the molecule is CCc1ccc(O)cc1C(=O)N(C)C. The smallest absolute Gasteiger partial charge is 0.253 e. The van der Waals surface area contributed by atoms with Crippen LogP contribution in [0.5, 0.6) is 5.75 Å². The van der Waals surface area contributed by atoms with Gasteiger partial charge in [-0.1, -0.05) is 13.0 Å². The van der Waals surface area contributed by atoms with Gasteiger partial charge in [-0.15, -0.1) is 0 Å². The highest BCUT2D eigenvalue weighted by Crippen LogP contribution is 2.18. The number of hydrogen-bond donors (Lipinski definition) is 1. The molecule has 0 aliphatic heterocycles. The predicted molar refractivity (Wildman–Crippen MR) is 55.5 cm³/mol. The zero-order valence-electron chi connectivity index (χ0n) is 8.74. The maximum Gasteiger partial charge on any atom is 0.253 e. The predicted octanol–water partition coefficient (Wildman–Crippen LogP) is 1.66. The first-order valence-electron chi connectivity index (χ1n) is 4.59. The Bertz CT molecular complexity index is 345. The molecule has 1 aromatic carbocycles. The van der Waals surface area contributed by atoms with E-state index in [4.69, 9.17) is 0 Å². The Balaban J connectivity index is 3.17. The molecule has 0 heterocycles. The molecule has 1 rings (SSSR count). The van der Waals surface area contributed by atoms with Crippen LogP contribution in [0.25, 0.3) is 0 Å². The molecule has 3 heteroatoms. The van der Waals surface area contributed by atoms with Gasteiger partial charge in [-0.2, -0.15) is 0 Å². The fourth-order valence-corrected chi connectivity index (χ4v) is 1.31. The molecule has 1 amide bonds. The maximum absolute atomic E-state index is 11.7. The molecule has 0 aliphatic carbocycles. The monoisotopic (exact) mass is 193 g/mol. The summed E-state index contributed by atoms with van der Waals surface area (Å²) < 4.78 is 0. The average molecular weight is 193 g/mol. The van der Waals surface area contributed by atoms with Gasteiger partial charge in [-0.05, 0) is 24.1 Å². The summed E-state index contributed by atoms with van der Waals surface area (Å²) in [6.07, 6.45) is 0.787. The van der Waals surface area contributed by atoms with Crippen LogP contribution in [-0.2, 0) is 6.42 Å². The molecular formula is C11H15NO2. The van der Waals surface area contributed by atoms with Gasteiger partial charge in [0.05, 0.1) is 0 Å². The van der Waals surface area contributed by atoms with Crippen molar-refractivity contribution in [2.75, 3.05) is 14.1 Å². The van der Waals surface area contributed by atoms with Crippen LogP contribution in [0.15, 0.2) is 18.2 Å². The van der Waals surface area contributed by atoms with Gasteiger partial charge < -0.3 is 10.0 Å². The molecule has 0 spiro atoms. The summed E-state index contributed by atoms with van der Waals surface area (Å²) in [6.45, 7) is 1.98. The number of carbonyl (C=O) groups is 1. The largest absolute Gasteiger partial charge is 0.508 e. The third-order valence-electron chi connectivity index (χ3n) is 2.11. The Labute approximate surface area is 84.0 Å². The first-order valence-corrected chi connectivity index (χ1v) is 4.59. The van der Waals surface area contributed by atoms with Crippen LogP contribution < -0.4 is 0 Å². The third kappa shape index (κ3) is 2.05. The quantitative estimate of drug-likeness (QED) is 0.776. The zero-order chi connectivity index (χ0) is 10.7. The molecule has 0 bridgehead atoms. The highest BCUT2D eigenvalue weighted by atomic mass is 16.3. The van der Waals surface area contributed by atoms with Crippen molar-refractivity contribution in [3.8, 4) is 5.75 Å². The van der Waals surface area contributed by atoms with Crippen LogP contribution in [0.3, 0.4) is 0 Å². The number of phenolic OH excluding ortho intramolecular Hbond substituents is 1. The van der Waals surface area contributed by atoms with Gasteiger partial charge in [-0.3, -0.25) is 4.79 Å². The van der Waals surface area contributed by atoms with E-state index in [0.717, 1.165) is 12.0 Å². The lowest BCUT2D eigenvalue weighted by molar-refractivity contribution is 0.0826. The molecule has 0 radical (unpaired) electrons. The Morgan fingerprint density at radius 2 is 2.07 bits per heavy atom. The molecule has 3 nitrogen and oxygen atoms in total. The number of hydrogen-bond acceptors (Lipinski definition) is 2.